The summed E-state index contributed by atoms with van der Waals surface area (Å²) >= 11 is 0. The molecule has 3 aromatic rings. The van der Waals surface area contributed by atoms with Crippen molar-refractivity contribution in [3.63, 3.8) is 0 Å². The maximum absolute atomic E-state index is 13.3. The average molecular weight is 497 g/mol. The number of rotatable bonds is 9. The van der Waals surface area contributed by atoms with Crippen LogP contribution in [0.1, 0.15) is 11.1 Å². The molecule has 0 saturated heterocycles. The summed E-state index contributed by atoms with van der Waals surface area (Å²) in [7, 11) is -1.10. The largest absolute Gasteiger partial charge is 0.497 e. The summed E-state index contributed by atoms with van der Waals surface area (Å²) < 4.78 is 34.2. The van der Waals surface area contributed by atoms with Crippen molar-refractivity contribution in [2.45, 2.75) is 19.4 Å². The van der Waals surface area contributed by atoms with Crippen LogP contribution in [-0.4, -0.2) is 40.6 Å². The number of nitrogens with zero attached hydrogens (tertiary/aromatic N) is 1. The molecule has 3 rings (SSSR count). The Bertz CT molecular complexity index is 1250. The molecule has 3 N–H and O–H groups in total. The first kappa shape index (κ1) is 25.6. The van der Waals surface area contributed by atoms with E-state index < -0.39 is 28.2 Å². The zero-order valence-corrected chi connectivity index (χ0v) is 20.5. The molecule has 184 valence electrons. The smallest absolute Gasteiger partial charge is 0.330 e. The van der Waals surface area contributed by atoms with Gasteiger partial charge in [0, 0.05) is 19.2 Å². The molecule has 9 nitrogen and oxygen atoms in total. The Balaban J connectivity index is 1.74. The van der Waals surface area contributed by atoms with Gasteiger partial charge in [0.1, 0.15) is 11.8 Å². The molecule has 0 aliphatic carbocycles. The van der Waals surface area contributed by atoms with Crippen LogP contribution in [-0.2, 0) is 21.4 Å². The van der Waals surface area contributed by atoms with Crippen LogP contribution in [0.4, 0.5) is 16.2 Å². The number of carbonyl (C=O) groups excluding carboxylic acids is 2. The van der Waals surface area contributed by atoms with Gasteiger partial charge in [0.25, 0.3) is 0 Å². The third kappa shape index (κ3) is 7.47. The summed E-state index contributed by atoms with van der Waals surface area (Å²) in [6.07, 6.45) is 0.166. The van der Waals surface area contributed by atoms with E-state index in [-0.39, 0.29) is 6.42 Å². The van der Waals surface area contributed by atoms with Gasteiger partial charge in [-0.15, -0.1) is 0 Å². The van der Waals surface area contributed by atoms with E-state index in [1.165, 1.54) is 4.90 Å². The van der Waals surface area contributed by atoms with Gasteiger partial charge in [-0.05, 0) is 48.9 Å². The predicted molar refractivity (Wildman–Crippen MR) is 136 cm³/mol. The van der Waals surface area contributed by atoms with Crippen LogP contribution in [0.5, 0.6) is 5.75 Å². The van der Waals surface area contributed by atoms with Gasteiger partial charge < -0.3 is 15.0 Å². The minimum atomic E-state index is -4.22. The summed E-state index contributed by atoms with van der Waals surface area (Å²) in [5.74, 6) is 0.220. The Morgan fingerprint density at radius 3 is 2.17 bits per heavy atom. The fourth-order valence-corrected chi connectivity index (χ4v) is 4.13. The number of ether oxygens (including phenoxy) is 1. The molecule has 3 amide bonds. The molecule has 35 heavy (non-hydrogen) atoms. The lowest BCUT2D eigenvalue weighted by atomic mass is 10.0. The number of urea groups is 1. The van der Waals surface area contributed by atoms with E-state index in [1.807, 2.05) is 42.0 Å². The molecule has 3 aromatic carbocycles. The molecule has 0 heterocycles. The van der Waals surface area contributed by atoms with Crippen LogP contribution >= 0.6 is 0 Å². The number of benzene rings is 3. The number of hydrogen-bond acceptors (Lipinski definition) is 5. The Morgan fingerprint density at radius 2 is 1.57 bits per heavy atom. The Morgan fingerprint density at radius 1 is 0.943 bits per heavy atom. The third-order valence-corrected chi connectivity index (χ3v) is 6.17. The Labute approximate surface area is 205 Å². The van der Waals surface area contributed by atoms with Gasteiger partial charge in [0.15, 0.2) is 0 Å². The van der Waals surface area contributed by atoms with E-state index in [0.29, 0.717) is 17.1 Å². The number of nitrogens with one attached hydrogen (secondary N) is 3. The Hall–Kier alpha value is -4.05. The highest BCUT2D eigenvalue weighted by Crippen LogP contribution is 2.19. The molecule has 0 aliphatic rings. The number of carbonyl (C=O) groups is 2. The lowest BCUT2D eigenvalue weighted by Crippen LogP contribution is -2.53. The second-order valence-corrected chi connectivity index (χ2v) is 9.30. The molecular weight excluding hydrogens is 468 g/mol. The van der Waals surface area contributed by atoms with Gasteiger partial charge in [-0.25, -0.2) is 9.52 Å². The standard InChI is InChI=1S/C25H28N4O5S/c1-18-9-11-20(12-10-18)27-35(32,33)28-25(31)26-23(17-19-7-5-4-6-8-19)24(30)29(2)21-13-15-22(34-3)16-14-21/h4-16,23,27H,17H2,1-3H3,(H2,26,28,31)/t23-/m0/s1. The lowest BCUT2D eigenvalue weighted by Gasteiger charge is -2.25. The van der Waals surface area contributed by atoms with Crippen LogP contribution < -0.4 is 24.4 Å². The molecular formula is C25H28N4O5S. The van der Waals surface area contributed by atoms with Gasteiger partial charge in [-0.2, -0.15) is 8.42 Å². The molecule has 0 aliphatic heterocycles. The first-order valence-corrected chi connectivity index (χ1v) is 12.3. The van der Waals surface area contributed by atoms with Crippen molar-refractivity contribution < 1.29 is 22.7 Å². The van der Waals surface area contributed by atoms with Crippen LogP contribution in [0.25, 0.3) is 0 Å². The molecule has 0 bridgehead atoms. The minimum Gasteiger partial charge on any atom is -0.497 e. The van der Waals surface area contributed by atoms with Crippen molar-refractivity contribution in [1.29, 1.82) is 0 Å². The molecule has 0 radical (unpaired) electrons. The van der Waals surface area contributed by atoms with Crippen LogP contribution in [0, 0.1) is 6.92 Å². The zero-order chi connectivity index (χ0) is 25.4. The molecule has 0 fully saturated rings. The van der Waals surface area contributed by atoms with Crippen molar-refractivity contribution in [2.24, 2.45) is 0 Å². The maximum atomic E-state index is 13.3. The molecule has 10 heteroatoms. The van der Waals surface area contributed by atoms with E-state index >= 15 is 0 Å². The molecule has 0 aromatic heterocycles. The minimum absolute atomic E-state index is 0.166. The highest BCUT2D eigenvalue weighted by Gasteiger charge is 2.27. The van der Waals surface area contributed by atoms with Crippen molar-refractivity contribution in [2.75, 3.05) is 23.8 Å². The number of methoxy groups -OCH3 is 1. The summed E-state index contributed by atoms with van der Waals surface area (Å²) in [6.45, 7) is 1.87. The number of aryl methyl sites for hydroxylation is 1. The van der Waals surface area contributed by atoms with Crippen molar-refractivity contribution in [3.8, 4) is 5.75 Å². The van der Waals surface area contributed by atoms with Crippen LogP contribution in [0.2, 0.25) is 0 Å². The highest BCUT2D eigenvalue weighted by molar-refractivity contribution is 7.91. The van der Waals surface area contributed by atoms with E-state index in [2.05, 4.69) is 10.0 Å². The summed E-state index contributed by atoms with van der Waals surface area (Å²) in [6, 6.07) is 20.6. The van der Waals surface area contributed by atoms with Crippen molar-refractivity contribution >= 4 is 33.5 Å². The molecule has 0 spiro atoms. The van der Waals surface area contributed by atoms with Crippen LogP contribution in [0.15, 0.2) is 78.9 Å². The second-order valence-electron chi connectivity index (χ2n) is 7.88. The summed E-state index contributed by atoms with van der Waals surface area (Å²) in [4.78, 5) is 27.3. The van der Waals surface area contributed by atoms with E-state index in [1.54, 1.807) is 62.7 Å². The third-order valence-electron chi connectivity index (χ3n) is 5.21. The number of anilines is 2. The van der Waals surface area contributed by atoms with E-state index in [4.69, 9.17) is 4.74 Å². The first-order chi connectivity index (χ1) is 16.7. The maximum Gasteiger partial charge on any atom is 0.330 e. The van der Waals surface area contributed by atoms with E-state index in [9.17, 15) is 18.0 Å². The monoisotopic (exact) mass is 496 g/mol. The zero-order valence-electron chi connectivity index (χ0n) is 19.7. The number of hydrogen-bond donors (Lipinski definition) is 3. The topological polar surface area (TPSA) is 117 Å². The SMILES string of the molecule is COc1ccc(N(C)C(=O)[C@H](Cc2ccccc2)NC(=O)NS(=O)(=O)Nc2ccc(C)cc2)cc1. The molecule has 0 unspecified atom stereocenters. The fraction of sp³-hybridized carbons (Fsp3) is 0.200. The van der Waals surface area contributed by atoms with Gasteiger partial charge >= 0.3 is 16.2 Å². The molecule has 0 saturated carbocycles. The normalized spacial score (nSPS) is 11.7. The average Bonchev–Trinajstić information content (AvgIpc) is 2.84. The predicted octanol–water partition coefficient (Wildman–Crippen LogP) is 3.23. The Kier molecular flexibility index (Phi) is 8.32. The van der Waals surface area contributed by atoms with Crippen molar-refractivity contribution in [3.05, 3.63) is 90.0 Å². The quantitative estimate of drug-likeness (QED) is 0.421. The van der Waals surface area contributed by atoms with Crippen LogP contribution in [0.3, 0.4) is 0 Å². The van der Waals surface area contributed by atoms with Gasteiger partial charge in [0.2, 0.25) is 5.91 Å². The second kappa shape index (κ2) is 11.4. The first-order valence-electron chi connectivity index (χ1n) is 10.8. The van der Waals surface area contributed by atoms with Gasteiger partial charge in [-0.3, -0.25) is 9.52 Å². The number of likely N-dealkylation sites (N-methyl/N-ethyl adjacent to an activating group) is 1. The van der Waals surface area contributed by atoms with Gasteiger partial charge in [-0.1, -0.05) is 48.0 Å². The molecule has 1 atom stereocenters. The summed E-state index contributed by atoms with van der Waals surface area (Å²) in [5, 5.41) is 2.50. The van der Waals surface area contributed by atoms with Crippen molar-refractivity contribution in [1.82, 2.24) is 10.0 Å². The van der Waals surface area contributed by atoms with Gasteiger partial charge in [0.05, 0.1) is 12.8 Å². The highest BCUT2D eigenvalue weighted by atomic mass is 32.2. The lowest BCUT2D eigenvalue weighted by molar-refractivity contribution is -0.120. The fourth-order valence-electron chi connectivity index (χ4n) is 3.33. The summed E-state index contributed by atoms with van der Waals surface area (Å²) in [5.41, 5.74) is 2.65. The number of amides is 3. The van der Waals surface area contributed by atoms with E-state index in [0.717, 1.165) is 11.1 Å².